The Labute approximate surface area is 98.9 Å². The molecule has 0 rings (SSSR count). The summed E-state index contributed by atoms with van der Waals surface area (Å²) < 4.78 is 5.21. The molecule has 3 N–H and O–H groups in total. The topological polar surface area (TPSA) is 64.3 Å². The third kappa shape index (κ3) is 5.95. The number of nitrogens with two attached hydrogens (primary N) is 1. The summed E-state index contributed by atoms with van der Waals surface area (Å²) in [4.78, 5) is 11.6. The Kier molecular flexibility index (Phi) is 4.80. The molecule has 0 fully saturated rings. The fraction of sp³-hybridized carbons (Fsp3) is 0.917. The van der Waals surface area contributed by atoms with E-state index in [1.165, 1.54) is 0 Å². The van der Waals surface area contributed by atoms with Crippen LogP contribution in [-0.4, -0.2) is 23.8 Å². The van der Waals surface area contributed by atoms with Crippen LogP contribution in [0.4, 0.5) is 4.79 Å². The van der Waals surface area contributed by atoms with E-state index < -0.39 is 11.7 Å². The van der Waals surface area contributed by atoms with Gasteiger partial charge in [-0.15, -0.1) is 0 Å². The van der Waals surface area contributed by atoms with Gasteiger partial charge in [-0.1, -0.05) is 20.8 Å². The van der Waals surface area contributed by atoms with E-state index in [9.17, 15) is 4.79 Å². The first-order valence-corrected chi connectivity index (χ1v) is 5.68. The van der Waals surface area contributed by atoms with E-state index in [2.05, 4.69) is 5.32 Å². The molecule has 0 aromatic heterocycles. The second-order valence-electron chi connectivity index (χ2n) is 6.35. The molecular formula is C12H26N2O2. The summed E-state index contributed by atoms with van der Waals surface area (Å²) in [6.07, 6.45) is -0.412. The summed E-state index contributed by atoms with van der Waals surface area (Å²) in [5.41, 5.74) is 5.29. The second-order valence-corrected chi connectivity index (χ2v) is 6.35. The number of ether oxygens (including phenoxy) is 1. The lowest BCUT2D eigenvalue weighted by molar-refractivity contribution is 0.0451. The molecule has 4 nitrogen and oxygen atoms in total. The van der Waals surface area contributed by atoms with Crippen molar-refractivity contribution in [2.24, 2.45) is 11.1 Å². The molecule has 0 aromatic carbocycles. The van der Waals surface area contributed by atoms with Crippen LogP contribution in [0.5, 0.6) is 0 Å². The van der Waals surface area contributed by atoms with Gasteiger partial charge < -0.3 is 15.8 Å². The van der Waals surface area contributed by atoms with Crippen LogP contribution < -0.4 is 11.1 Å². The van der Waals surface area contributed by atoms with Crippen molar-refractivity contribution >= 4 is 6.09 Å². The summed E-state index contributed by atoms with van der Waals surface area (Å²) in [7, 11) is 0. The molecule has 0 aliphatic rings. The predicted molar refractivity (Wildman–Crippen MR) is 66.3 cm³/mol. The molecule has 2 atom stereocenters. The number of hydrogen-bond donors (Lipinski definition) is 2. The van der Waals surface area contributed by atoms with Gasteiger partial charge in [-0.05, 0) is 33.1 Å². The lowest BCUT2D eigenvalue weighted by Gasteiger charge is -2.34. The molecule has 0 bridgehead atoms. The van der Waals surface area contributed by atoms with Gasteiger partial charge in [0, 0.05) is 6.04 Å². The van der Waals surface area contributed by atoms with Gasteiger partial charge in [-0.25, -0.2) is 4.79 Å². The zero-order valence-electron chi connectivity index (χ0n) is 11.5. The van der Waals surface area contributed by atoms with Crippen LogP contribution in [-0.2, 0) is 4.74 Å². The minimum Gasteiger partial charge on any atom is -0.444 e. The van der Waals surface area contributed by atoms with Gasteiger partial charge >= 0.3 is 6.09 Å². The van der Waals surface area contributed by atoms with E-state index in [1.807, 2.05) is 48.5 Å². The Bertz CT molecular complexity index is 236. The highest BCUT2D eigenvalue weighted by Gasteiger charge is 2.30. The lowest BCUT2D eigenvalue weighted by Crippen LogP contribution is -2.54. The van der Waals surface area contributed by atoms with Crippen LogP contribution in [0.2, 0.25) is 0 Å². The van der Waals surface area contributed by atoms with E-state index in [-0.39, 0.29) is 17.5 Å². The van der Waals surface area contributed by atoms with Crippen molar-refractivity contribution in [1.82, 2.24) is 5.32 Å². The zero-order chi connectivity index (χ0) is 13.1. The molecule has 0 heterocycles. The van der Waals surface area contributed by atoms with Crippen LogP contribution in [0.3, 0.4) is 0 Å². The Hall–Kier alpha value is -0.770. The van der Waals surface area contributed by atoms with E-state index in [0.29, 0.717) is 0 Å². The smallest absolute Gasteiger partial charge is 0.407 e. The Balaban J connectivity index is 4.49. The minimum atomic E-state index is -0.482. The second kappa shape index (κ2) is 5.04. The number of amides is 1. The highest BCUT2D eigenvalue weighted by molar-refractivity contribution is 5.68. The van der Waals surface area contributed by atoms with Gasteiger partial charge in [0.25, 0.3) is 0 Å². The maximum absolute atomic E-state index is 11.6. The van der Waals surface area contributed by atoms with Crippen molar-refractivity contribution in [3.05, 3.63) is 0 Å². The summed E-state index contributed by atoms with van der Waals surface area (Å²) >= 11 is 0. The van der Waals surface area contributed by atoms with Crippen molar-refractivity contribution in [3.8, 4) is 0 Å². The molecular weight excluding hydrogens is 204 g/mol. The molecule has 1 amide bonds. The van der Waals surface area contributed by atoms with Crippen molar-refractivity contribution in [2.75, 3.05) is 0 Å². The van der Waals surface area contributed by atoms with Gasteiger partial charge in [-0.3, -0.25) is 0 Å². The molecule has 0 aromatic rings. The van der Waals surface area contributed by atoms with Crippen LogP contribution in [0.15, 0.2) is 0 Å². The molecule has 0 saturated carbocycles. The van der Waals surface area contributed by atoms with Gasteiger partial charge in [-0.2, -0.15) is 0 Å². The standard InChI is InChI=1S/C12H26N2O2/c1-8(13)9(11(2,3)4)14-10(15)16-12(5,6)7/h8-9H,13H2,1-7H3,(H,14,15). The van der Waals surface area contributed by atoms with Gasteiger partial charge in [0.1, 0.15) is 5.60 Å². The van der Waals surface area contributed by atoms with Crippen molar-refractivity contribution in [2.45, 2.75) is 66.2 Å². The molecule has 0 saturated heterocycles. The zero-order valence-corrected chi connectivity index (χ0v) is 11.5. The number of nitrogens with one attached hydrogen (secondary N) is 1. The Morgan fingerprint density at radius 1 is 1.19 bits per heavy atom. The minimum absolute atomic E-state index is 0.0922. The molecule has 0 aliphatic heterocycles. The fourth-order valence-electron chi connectivity index (χ4n) is 1.57. The summed E-state index contributed by atoms with van der Waals surface area (Å²) in [6, 6.07) is -0.227. The Morgan fingerprint density at radius 3 is 1.88 bits per heavy atom. The molecule has 0 radical (unpaired) electrons. The van der Waals surface area contributed by atoms with Crippen LogP contribution >= 0.6 is 0 Å². The number of alkyl carbamates (subject to hydrolysis) is 1. The SMILES string of the molecule is CC(N)C(NC(=O)OC(C)(C)C)C(C)(C)C. The average molecular weight is 230 g/mol. The number of carbonyl (C=O) groups excluding carboxylic acids is 1. The fourth-order valence-corrected chi connectivity index (χ4v) is 1.57. The number of hydrogen-bond acceptors (Lipinski definition) is 3. The van der Waals surface area contributed by atoms with E-state index in [0.717, 1.165) is 0 Å². The molecule has 2 unspecified atom stereocenters. The number of rotatable bonds is 2. The quantitative estimate of drug-likeness (QED) is 0.765. The monoisotopic (exact) mass is 230 g/mol. The Morgan fingerprint density at radius 2 is 1.62 bits per heavy atom. The van der Waals surface area contributed by atoms with Gasteiger partial charge in [0.15, 0.2) is 0 Å². The highest BCUT2D eigenvalue weighted by atomic mass is 16.6. The maximum Gasteiger partial charge on any atom is 0.407 e. The van der Waals surface area contributed by atoms with E-state index >= 15 is 0 Å². The summed E-state index contributed by atoms with van der Waals surface area (Å²) in [6.45, 7) is 13.5. The third-order valence-corrected chi connectivity index (χ3v) is 2.13. The van der Waals surface area contributed by atoms with Crippen LogP contribution in [0.25, 0.3) is 0 Å². The first-order valence-electron chi connectivity index (χ1n) is 5.68. The first-order chi connectivity index (χ1) is 6.93. The molecule has 4 heteroatoms. The van der Waals surface area contributed by atoms with Crippen molar-refractivity contribution < 1.29 is 9.53 Å². The first kappa shape index (κ1) is 15.2. The normalized spacial score (nSPS) is 16.5. The summed E-state index contributed by atoms with van der Waals surface area (Å²) in [5.74, 6) is 0. The van der Waals surface area contributed by atoms with Crippen molar-refractivity contribution in [3.63, 3.8) is 0 Å². The molecule has 96 valence electrons. The predicted octanol–water partition coefficient (Wildman–Crippen LogP) is 2.27. The molecule has 0 aliphatic carbocycles. The van der Waals surface area contributed by atoms with Crippen LogP contribution in [0, 0.1) is 5.41 Å². The largest absolute Gasteiger partial charge is 0.444 e. The van der Waals surface area contributed by atoms with E-state index in [1.54, 1.807) is 0 Å². The highest BCUT2D eigenvalue weighted by Crippen LogP contribution is 2.21. The number of carbonyl (C=O) groups is 1. The molecule has 0 spiro atoms. The van der Waals surface area contributed by atoms with Gasteiger partial charge in [0.2, 0.25) is 0 Å². The van der Waals surface area contributed by atoms with Crippen molar-refractivity contribution in [1.29, 1.82) is 0 Å². The average Bonchev–Trinajstić information content (AvgIpc) is 1.93. The third-order valence-electron chi connectivity index (χ3n) is 2.13. The van der Waals surface area contributed by atoms with E-state index in [4.69, 9.17) is 10.5 Å². The maximum atomic E-state index is 11.6. The summed E-state index contributed by atoms with van der Waals surface area (Å²) in [5, 5.41) is 2.83. The lowest BCUT2D eigenvalue weighted by atomic mass is 9.83. The van der Waals surface area contributed by atoms with Gasteiger partial charge in [0.05, 0.1) is 6.04 Å². The van der Waals surface area contributed by atoms with Crippen LogP contribution in [0.1, 0.15) is 48.5 Å². The molecule has 16 heavy (non-hydrogen) atoms.